The van der Waals surface area contributed by atoms with Crippen molar-refractivity contribution in [3.05, 3.63) is 18.0 Å². The third kappa shape index (κ3) is 4.07. The average Bonchev–Trinajstić information content (AvgIpc) is 2.85. The summed E-state index contributed by atoms with van der Waals surface area (Å²) < 4.78 is 1.77. The fourth-order valence-electron chi connectivity index (χ4n) is 2.90. The summed E-state index contributed by atoms with van der Waals surface area (Å²) in [4.78, 5) is 16.3. The van der Waals surface area contributed by atoms with Crippen LogP contribution in [-0.4, -0.2) is 52.2 Å². The molecule has 2 rings (SSSR count). The highest BCUT2D eigenvalue weighted by molar-refractivity contribution is 5.78. The Morgan fingerprint density at radius 3 is 2.65 bits per heavy atom. The van der Waals surface area contributed by atoms with Crippen LogP contribution in [-0.2, 0) is 18.4 Å². The van der Waals surface area contributed by atoms with Crippen LogP contribution >= 0.6 is 0 Å². The Bertz CT molecular complexity index is 437. The van der Waals surface area contributed by atoms with Gasteiger partial charge in [-0.1, -0.05) is 19.3 Å². The normalized spacial score (nSPS) is 16.6. The van der Waals surface area contributed by atoms with Gasteiger partial charge in [-0.25, -0.2) is 0 Å². The van der Waals surface area contributed by atoms with Gasteiger partial charge in [0, 0.05) is 38.4 Å². The highest BCUT2D eigenvalue weighted by Crippen LogP contribution is 2.21. The standard InChI is InChI=1S/C15H26N4O/c1-17(14-7-5-4-6-8-14)12-15(20)18(2)10-13-9-16-19(3)11-13/h9,11,14H,4-8,10,12H2,1-3H3. The molecule has 0 bridgehead atoms. The van der Waals surface area contributed by atoms with Gasteiger partial charge in [0.2, 0.25) is 5.91 Å². The second-order valence-electron chi connectivity index (χ2n) is 5.98. The van der Waals surface area contributed by atoms with Gasteiger partial charge in [-0.05, 0) is 19.9 Å². The van der Waals surface area contributed by atoms with Gasteiger partial charge >= 0.3 is 0 Å². The van der Waals surface area contributed by atoms with Crippen LogP contribution in [0.2, 0.25) is 0 Å². The predicted octanol–water partition coefficient (Wildman–Crippen LogP) is 1.64. The third-order valence-corrected chi connectivity index (χ3v) is 4.19. The van der Waals surface area contributed by atoms with Crippen molar-refractivity contribution >= 4 is 5.91 Å². The Morgan fingerprint density at radius 1 is 1.35 bits per heavy atom. The van der Waals surface area contributed by atoms with E-state index in [9.17, 15) is 4.79 Å². The number of likely N-dealkylation sites (N-methyl/N-ethyl adjacent to an activating group) is 2. The van der Waals surface area contributed by atoms with Crippen molar-refractivity contribution in [2.24, 2.45) is 7.05 Å². The molecule has 0 unspecified atom stereocenters. The number of carbonyl (C=O) groups excluding carboxylic acids is 1. The van der Waals surface area contributed by atoms with Crippen molar-refractivity contribution in [3.8, 4) is 0 Å². The summed E-state index contributed by atoms with van der Waals surface area (Å²) in [5, 5.41) is 4.13. The maximum atomic E-state index is 12.3. The molecule has 20 heavy (non-hydrogen) atoms. The molecule has 0 aliphatic heterocycles. The van der Waals surface area contributed by atoms with Crippen molar-refractivity contribution in [2.45, 2.75) is 44.7 Å². The fraction of sp³-hybridized carbons (Fsp3) is 0.733. The van der Waals surface area contributed by atoms with Crippen molar-refractivity contribution in [3.63, 3.8) is 0 Å². The highest BCUT2D eigenvalue weighted by Gasteiger charge is 2.21. The zero-order chi connectivity index (χ0) is 14.5. The van der Waals surface area contributed by atoms with Gasteiger partial charge < -0.3 is 4.90 Å². The van der Waals surface area contributed by atoms with Crippen LogP contribution in [0, 0.1) is 0 Å². The molecule has 1 aromatic heterocycles. The number of carbonyl (C=O) groups is 1. The van der Waals surface area contributed by atoms with Gasteiger partial charge in [-0.15, -0.1) is 0 Å². The number of aromatic nitrogens is 2. The van der Waals surface area contributed by atoms with E-state index in [1.807, 2.05) is 26.5 Å². The molecule has 1 aliphatic carbocycles. The fourth-order valence-corrected chi connectivity index (χ4v) is 2.90. The molecule has 1 heterocycles. The van der Waals surface area contributed by atoms with Crippen LogP contribution in [0.3, 0.4) is 0 Å². The minimum atomic E-state index is 0.182. The Kier molecular flexibility index (Phi) is 5.17. The van der Waals surface area contributed by atoms with E-state index in [4.69, 9.17) is 0 Å². The molecule has 0 atom stereocenters. The second-order valence-corrected chi connectivity index (χ2v) is 5.98. The quantitative estimate of drug-likeness (QED) is 0.822. The zero-order valence-corrected chi connectivity index (χ0v) is 12.9. The molecule has 0 spiro atoms. The predicted molar refractivity (Wildman–Crippen MR) is 79.2 cm³/mol. The van der Waals surface area contributed by atoms with Crippen LogP contribution in [0.1, 0.15) is 37.7 Å². The molecule has 112 valence electrons. The van der Waals surface area contributed by atoms with E-state index in [0.717, 1.165) is 5.56 Å². The van der Waals surface area contributed by atoms with Gasteiger partial charge in [0.15, 0.2) is 0 Å². The second kappa shape index (κ2) is 6.88. The lowest BCUT2D eigenvalue weighted by atomic mass is 9.94. The van der Waals surface area contributed by atoms with E-state index >= 15 is 0 Å². The monoisotopic (exact) mass is 278 g/mol. The molecule has 0 radical (unpaired) electrons. The SMILES string of the molecule is CN(Cc1cnn(C)c1)C(=O)CN(C)C1CCCCC1. The van der Waals surface area contributed by atoms with E-state index in [2.05, 4.69) is 17.0 Å². The maximum Gasteiger partial charge on any atom is 0.236 e. The average molecular weight is 278 g/mol. The topological polar surface area (TPSA) is 41.4 Å². The Labute approximate surface area is 121 Å². The molecule has 0 N–H and O–H groups in total. The molecule has 5 nitrogen and oxygen atoms in total. The molecule has 5 heteroatoms. The number of aryl methyl sites for hydroxylation is 1. The summed E-state index contributed by atoms with van der Waals surface area (Å²) in [7, 11) is 5.83. The molecule has 0 saturated heterocycles. The van der Waals surface area contributed by atoms with E-state index in [-0.39, 0.29) is 5.91 Å². The summed E-state index contributed by atoms with van der Waals surface area (Å²) in [6, 6.07) is 0.583. The summed E-state index contributed by atoms with van der Waals surface area (Å²) in [6.07, 6.45) is 10.2. The number of hydrogen-bond acceptors (Lipinski definition) is 3. The van der Waals surface area contributed by atoms with Crippen LogP contribution in [0.15, 0.2) is 12.4 Å². The van der Waals surface area contributed by atoms with Crippen LogP contribution < -0.4 is 0 Å². The first-order valence-corrected chi connectivity index (χ1v) is 7.48. The molecule has 1 aromatic rings. The number of rotatable bonds is 5. The highest BCUT2D eigenvalue weighted by atomic mass is 16.2. The molecule has 1 fully saturated rings. The lowest BCUT2D eigenvalue weighted by Crippen LogP contribution is -2.41. The number of hydrogen-bond donors (Lipinski definition) is 0. The van der Waals surface area contributed by atoms with E-state index in [1.54, 1.807) is 9.58 Å². The maximum absolute atomic E-state index is 12.3. The van der Waals surface area contributed by atoms with Crippen molar-refractivity contribution < 1.29 is 4.79 Å². The smallest absolute Gasteiger partial charge is 0.236 e. The van der Waals surface area contributed by atoms with E-state index < -0.39 is 0 Å². The minimum Gasteiger partial charge on any atom is -0.340 e. The van der Waals surface area contributed by atoms with Gasteiger partial charge in [0.1, 0.15) is 0 Å². The first kappa shape index (κ1) is 15.0. The molecule has 1 saturated carbocycles. The van der Waals surface area contributed by atoms with Gasteiger partial charge in [-0.3, -0.25) is 14.4 Å². The first-order chi connectivity index (χ1) is 9.56. The third-order valence-electron chi connectivity index (χ3n) is 4.19. The lowest BCUT2D eigenvalue weighted by Gasteiger charge is -2.31. The van der Waals surface area contributed by atoms with Gasteiger partial charge in [-0.2, -0.15) is 5.10 Å². The summed E-state index contributed by atoms with van der Waals surface area (Å²) in [6.45, 7) is 1.15. The van der Waals surface area contributed by atoms with Crippen molar-refractivity contribution in [2.75, 3.05) is 20.6 Å². The summed E-state index contributed by atoms with van der Waals surface area (Å²) >= 11 is 0. The minimum absolute atomic E-state index is 0.182. The summed E-state index contributed by atoms with van der Waals surface area (Å²) in [5.41, 5.74) is 1.07. The van der Waals surface area contributed by atoms with E-state index in [1.165, 1.54) is 32.1 Å². The number of amides is 1. The molecule has 0 aromatic carbocycles. The first-order valence-electron chi connectivity index (χ1n) is 7.48. The zero-order valence-electron chi connectivity index (χ0n) is 12.9. The molecule has 1 aliphatic rings. The Balaban J connectivity index is 1.80. The van der Waals surface area contributed by atoms with Gasteiger partial charge in [0.25, 0.3) is 0 Å². The van der Waals surface area contributed by atoms with Crippen LogP contribution in [0.5, 0.6) is 0 Å². The Hall–Kier alpha value is -1.36. The van der Waals surface area contributed by atoms with Gasteiger partial charge in [0.05, 0.1) is 12.7 Å². The lowest BCUT2D eigenvalue weighted by molar-refractivity contribution is -0.132. The molecular weight excluding hydrogens is 252 g/mol. The largest absolute Gasteiger partial charge is 0.340 e. The van der Waals surface area contributed by atoms with Crippen LogP contribution in [0.25, 0.3) is 0 Å². The number of nitrogens with zero attached hydrogens (tertiary/aromatic N) is 4. The molecular formula is C15H26N4O. The Morgan fingerprint density at radius 2 is 2.05 bits per heavy atom. The van der Waals surface area contributed by atoms with Crippen molar-refractivity contribution in [1.29, 1.82) is 0 Å². The van der Waals surface area contributed by atoms with Crippen molar-refractivity contribution in [1.82, 2.24) is 19.6 Å². The van der Waals surface area contributed by atoms with Crippen LogP contribution in [0.4, 0.5) is 0 Å². The van der Waals surface area contributed by atoms with E-state index in [0.29, 0.717) is 19.1 Å². The molecule has 1 amide bonds. The summed E-state index contributed by atoms with van der Waals surface area (Å²) in [5.74, 6) is 0.182.